The lowest BCUT2D eigenvalue weighted by atomic mass is 10.1. The molecular weight excluding hydrogens is 370 g/mol. The molecule has 0 aromatic heterocycles. The van der Waals surface area contributed by atoms with Gasteiger partial charge in [0.05, 0.1) is 0 Å². The molecule has 0 spiro atoms. The van der Waals surface area contributed by atoms with Crippen LogP contribution < -0.4 is 10.5 Å². The van der Waals surface area contributed by atoms with Gasteiger partial charge in [0.2, 0.25) is 0 Å². The number of rotatable bonds is 4. The van der Waals surface area contributed by atoms with Gasteiger partial charge >= 0.3 is 0 Å². The third kappa shape index (κ3) is 3.81. The van der Waals surface area contributed by atoms with Crippen molar-refractivity contribution in [1.29, 1.82) is 0 Å². The number of nitrogens with two attached hydrogens (primary N) is 1. The number of ether oxygens (including phenoxy) is 1. The van der Waals surface area contributed by atoms with Crippen LogP contribution in [0.1, 0.15) is 16.7 Å². The van der Waals surface area contributed by atoms with E-state index in [1.165, 1.54) is 0 Å². The molecule has 2 aromatic carbocycles. The third-order valence-electron chi connectivity index (χ3n) is 2.88. The van der Waals surface area contributed by atoms with Gasteiger partial charge in [-0.2, -0.15) is 0 Å². The van der Waals surface area contributed by atoms with E-state index in [9.17, 15) is 0 Å². The van der Waals surface area contributed by atoms with Gasteiger partial charge in [-0.25, -0.2) is 0 Å². The Hall–Kier alpha value is -0.840. The summed E-state index contributed by atoms with van der Waals surface area (Å²) in [6.45, 7) is 3.13. The molecule has 0 atom stereocenters. The zero-order chi connectivity index (χ0) is 13.8. The van der Waals surface area contributed by atoms with Crippen molar-refractivity contribution in [3.05, 3.63) is 62.0 Å². The van der Waals surface area contributed by atoms with E-state index in [0.717, 1.165) is 31.4 Å². The highest BCUT2D eigenvalue weighted by Gasteiger charge is 2.03. The molecule has 2 nitrogen and oxygen atoms in total. The summed E-state index contributed by atoms with van der Waals surface area (Å²) in [6, 6.07) is 12.1. The van der Waals surface area contributed by atoms with Crippen LogP contribution in [0, 0.1) is 6.92 Å². The Kier molecular flexibility index (Phi) is 5.02. The van der Waals surface area contributed by atoms with Crippen molar-refractivity contribution < 1.29 is 4.74 Å². The fourth-order valence-electron chi connectivity index (χ4n) is 1.70. The average molecular weight is 385 g/mol. The highest BCUT2D eigenvalue weighted by Crippen LogP contribution is 2.24. The molecule has 0 saturated carbocycles. The molecule has 0 fully saturated rings. The summed E-state index contributed by atoms with van der Waals surface area (Å²) in [4.78, 5) is 0. The van der Waals surface area contributed by atoms with Gasteiger partial charge in [-0.05, 0) is 42.3 Å². The Labute approximate surface area is 130 Å². The minimum Gasteiger partial charge on any atom is -0.489 e. The van der Waals surface area contributed by atoms with Crippen LogP contribution in [0.15, 0.2) is 45.3 Å². The quantitative estimate of drug-likeness (QED) is 0.838. The zero-order valence-electron chi connectivity index (χ0n) is 10.6. The van der Waals surface area contributed by atoms with E-state index in [1.807, 2.05) is 43.3 Å². The van der Waals surface area contributed by atoms with Gasteiger partial charge in [0, 0.05) is 21.1 Å². The predicted molar refractivity (Wildman–Crippen MR) is 85.2 cm³/mol. The fraction of sp³-hybridized carbons (Fsp3) is 0.200. The summed E-state index contributed by atoms with van der Waals surface area (Å²) in [5, 5.41) is 0. The molecule has 0 unspecified atom stereocenters. The monoisotopic (exact) mass is 383 g/mol. The van der Waals surface area contributed by atoms with Crippen LogP contribution in [0.5, 0.6) is 5.75 Å². The molecule has 100 valence electrons. The lowest BCUT2D eigenvalue weighted by Crippen LogP contribution is -2.00. The van der Waals surface area contributed by atoms with Gasteiger partial charge in [-0.15, -0.1) is 0 Å². The minimum absolute atomic E-state index is 0.534. The maximum absolute atomic E-state index is 5.80. The van der Waals surface area contributed by atoms with E-state index in [2.05, 4.69) is 31.9 Å². The van der Waals surface area contributed by atoms with E-state index >= 15 is 0 Å². The fourth-order valence-corrected chi connectivity index (χ4v) is 2.49. The first-order valence-corrected chi connectivity index (χ1v) is 7.55. The Morgan fingerprint density at radius 3 is 2.47 bits per heavy atom. The topological polar surface area (TPSA) is 35.2 Å². The Morgan fingerprint density at radius 1 is 1.05 bits per heavy atom. The molecule has 2 aromatic rings. The first kappa shape index (κ1) is 14.6. The van der Waals surface area contributed by atoms with Crippen molar-refractivity contribution >= 4 is 31.9 Å². The maximum Gasteiger partial charge on any atom is 0.120 e. The minimum atomic E-state index is 0.534. The number of hydrogen-bond donors (Lipinski definition) is 1. The number of benzene rings is 2. The molecule has 0 aliphatic heterocycles. The largest absolute Gasteiger partial charge is 0.489 e. The number of halogens is 2. The normalized spacial score (nSPS) is 10.5. The molecule has 2 N–H and O–H groups in total. The van der Waals surface area contributed by atoms with Crippen LogP contribution in [0.3, 0.4) is 0 Å². The third-order valence-corrected chi connectivity index (χ3v) is 4.50. The summed E-state index contributed by atoms with van der Waals surface area (Å²) in [7, 11) is 0. The SMILES string of the molecule is Cc1cc(OCc2ccc(CN)cc2Br)ccc1Br. The van der Waals surface area contributed by atoms with Gasteiger partial charge in [0.25, 0.3) is 0 Å². The van der Waals surface area contributed by atoms with Crippen LogP contribution in [0.25, 0.3) is 0 Å². The number of hydrogen-bond acceptors (Lipinski definition) is 2. The highest BCUT2D eigenvalue weighted by molar-refractivity contribution is 9.10. The van der Waals surface area contributed by atoms with Crippen molar-refractivity contribution in [2.45, 2.75) is 20.1 Å². The van der Waals surface area contributed by atoms with E-state index in [0.29, 0.717) is 13.2 Å². The van der Waals surface area contributed by atoms with Crippen LogP contribution in [0.4, 0.5) is 0 Å². The summed E-state index contributed by atoms with van der Waals surface area (Å²) in [5.41, 5.74) is 8.99. The van der Waals surface area contributed by atoms with Gasteiger partial charge in [-0.3, -0.25) is 0 Å². The smallest absolute Gasteiger partial charge is 0.120 e. The van der Waals surface area contributed by atoms with Crippen molar-refractivity contribution in [2.24, 2.45) is 5.73 Å². The van der Waals surface area contributed by atoms with Crippen molar-refractivity contribution in [3.63, 3.8) is 0 Å². The van der Waals surface area contributed by atoms with Gasteiger partial charge in [0.1, 0.15) is 12.4 Å². The molecule has 2 rings (SSSR count). The van der Waals surface area contributed by atoms with E-state index in [4.69, 9.17) is 10.5 Å². The molecule has 0 aliphatic carbocycles. The van der Waals surface area contributed by atoms with Crippen molar-refractivity contribution in [3.8, 4) is 5.75 Å². The molecular formula is C15H15Br2NO. The molecule has 0 bridgehead atoms. The number of aryl methyl sites for hydroxylation is 1. The van der Waals surface area contributed by atoms with Gasteiger partial charge in [0.15, 0.2) is 0 Å². The Morgan fingerprint density at radius 2 is 1.84 bits per heavy atom. The molecule has 19 heavy (non-hydrogen) atoms. The van der Waals surface area contributed by atoms with Crippen molar-refractivity contribution in [2.75, 3.05) is 0 Å². The van der Waals surface area contributed by atoms with E-state index < -0.39 is 0 Å². The predicted octanol–water partition coefficient (Wildman–Crippen LogP) is 4.56. The first-order valence-electron chi connectivity index (χ1n) is 5.96. The second kappa shape index (κ2) is 6.55. The highest BCUT2D eigenvalue weighted by atomic mass is 79.9. The summed E-state index contributed by atoms with van der Waals surface area (Å²) in [5.74, 6) is 0.871. The summed E-state index contributed by atoms with van der Waals surface area (Å²) >= 11 is 7.02. The standard InChI is InChI=1S/C15H15Br2NO/c1-10-6-13(4-5-14(10)16)19-9-12-3-2-11(8-18)7-15(12)17/h2-7H,8-9,18H2,1H3. The Balaban J connectivity index is 2.07. The second-order valence-electron chi connectivity index (χ2n) is 4.33. The molecule has 0 radical (unpaired) electrons. The first-order chi connectivity index (χ1) is 9.10. The summed E-state index contributed by atoms with van der Waals surface area (Å²) in [6.07, 6.45) is 0. The van der Waals surface area contributed by atoms with E-state index in [1.54, 1.807) is 0 Å². The lowest BCUT2D eigenvalue weighted by molar-refractivity contribution is 0.305. The second-order valence-corrected chi connectivity index (χ2v) is 6.04. The van der Waals surface area contributed by atoms with E-state index in [-0.39, 0.29) is 0 Å². The average Bonchev–Trinajstić information content (AvgIpc) is 2.41. The molecule has 0 heterocycles. The van der Waals surface area contributed by atoms with Crippen LogP contribution in [-0.4, -0.2) is 0 Å². The molecule has 4 heteroatoms. The lowest BCUT2D eigenvalue weighted by Gasteiger charge is -2.10. The molecule has 0 aliphatic rings. The van der Waals surface area contributed by atoms with Gasteiger partial charge < -0.3 is 10.5 Å². The molecule has 0 saturated heterocycles. The van der Waals surface area contributed by atoms with Crippen LogP contribution in [-0.2, 0) is 13.2 Å². The zero-order valence-corrected chi connectivity index (χ0v) is 13.8. The molecule has 0 amide bonds. The summed E-state index contributed by atoms with van der Waals surface area (Å²) < 4.78 is 7.92. The van der Waals surface area contributed by atoms with Gasteiger partial charge in [-0.1, -0.05) is 44.0 Å². The maximum atomic E-state index is 5.80. The Bertz CT molecular complexity index is 584. The van der Waals surface area contributed by atoms with Crippen LogP contribution >= 0.6 is 31.9 Å². The van der Waals surface area contributed by atoms with Crippen LogP contribution in [0.2, 0.25) is 0 Å². The van der Waals surface area contributed by atoms with Crippen molar-refractivity contribution in [1.82, 2.24) is 0 Å².